The van der Waals surface area contributed by atoms with E-state index in [1.807, 2.05) is 18.2 Å². The zero-order valence-corrected chi connectivity index (χ0v) is 16.0. The summed E-state index contributed by atoms with van der Waals surface area (Å²) >= 11 is 0. The van der Waals surface area contributed by atoms with Crippen LogP contribution in [0, 0.1) is 6.92 Å². The number of nitrogens with zero attached hydrogens (tertiary/aromatic N) is 1. The number of hydroxylamine groups is 2. The third-order valence-corrected chi connectivity index (χ3v) is 5.28. The first-order valence-electron chi connectivity index (χ1n) is 8.85. The van der Waals surface area contributed by atoms with Gasteiger partial charge in [0, 0.05) is 7.05 Å². The lowest BCUT2D eigenvalue weighted by atomic mass is 9.62. The van der Waals surface area contributed by atoms with Gasteiger partial charge < -0.3 is 4.84 Å². The number of hydrogen-bond acceptors (Lipinski definition) is 2. The Labute approximate surface area is 142 Å². The molecule has 0 amide bonds. The molecule has 0 N–H and O–H groups in total. The van der Waals surface area contributed by atoms with Crippen LogP contribution in [0.2, 0.25) is 0 Å². The van der Waals surface area contributed by atoms with Gasteiger partial charge in [-0.2, -0.15) is 0 Å². The summed E-state index contributed by atoms with van der Waals surface area (Å²) in [6, 6.07) is 4.84. The topological polar surface area (TPSA) is 12.5 Å². The van der Waals surface area contributed by atoms with E-state index >= 15 is 0 Å². The van der Waals surface area contributed by atoms with E-state index in [0.29, 0.717) is 0 Å². The van der Waals surface area contributed by atoms with Crippen molar-refractivity contribution in [3.05, 3.63) is 46.7 Å². The van der Waals surface area contributed by atoms with Crippen molar-refractivity contribution in [2.24, 2.45) is 0 Å². The van der Waals surface area contributed by atoms with Crippen molar-refractivity contribution in [2.75, 3.05) is 7.05 Å². The van der Waals surface area contributed by atoms with E-state index < -0.39 is 0 Å². The highest BCUT2D eigenvalue weighted by Gasteiger charge is 2.37. The lowest BCUT2D eigenvalue weighted by Crippen LogP contribution is -2.34. The van der Waals surface area contributed by atoms with Crippen molar-refractivity contribution in [1.29, 1.82) is 0 Å². The summed E-state index contributed by atoms with van der Waals surface area (Å²) in [6.45, 7) is 14.7. The standard InChI is InChI=1S/C21H33NO/c1-8-9-12-23-22(7)15-17-14-19-18(13-16(17)2)20(3,4)10-11-21(19,5)6/h9,12-14H,8,10-11,15H2,1-7H3/b12-9+. The van der Waals surface area contributed by atoms with Gasteiger partial charge in [0.1, 0.15) is 6.26 Å². The van der Waals surface area contributed by atoms with Crippen LogP contribution < -0.4 is 0 Å². The first-order chi connectivity index (χ1) is 10.7. The van der Waals surface area contributed by atoms with Crippen LogP contribution in [-0.2, 0) is 22.2 Å². The fourth-order valence-electron chi connectivity index (χ4n) is 3.46. The number of benzene rings is 1. The normalized spacial score (nSPS) is 19.1. The summed E-state index contributed by atoms with van der Waals surface area (Å²) in [7, 11) is 1.99. The van der Waals surface area contributed by atoms with Gasteiger partial charge in [0.2, 0.25) is 0 Å². The molecular formula is C21H33NO. The van der Waals surface area contributed by atoms with E-state index in [2.05, 4.69) is 53.7 Å². The zero-order chi connectivity index (χ0) is 17.3. The Morgan fingerprint density at radius 2 is 1.65 bits per heavy atom. The van der Waals surface area contributed by atoms with Crippen LogP contribution in [0.5, 0.6) is 0 Å². The second kappa shape index (κ2) is 6.68. The molecule has 2 nitrogen and oxygen atoms in total. The largest absolute Gasteiger partial charge is 0.414 e. The van der Waals surface area contributed by atoms with Crippen LogP contribution >= 0.6 is 0 Å². The van der Waals surface area contributed by atoms with Crippen molar-refractivity contribution >= 4 is 0 Å². The molecule has 1 aromatic rings. The number of hydrogen-bond donors (Lipinski definition) is 0. The number of allylic oxidation sites excluding steroid dienone is 1. The molecule has 0 aromatic heterocycles. The van der Waals surface area contributed by atoms with Gasteiger partial charge in [-0.1, -0.05) is 46.8 Å². The van der Waals surface area contributed by atoms with Crippen LogP contribution in [0.3, 0.4) is 0 Å². The molecule has 0 saturated heterocycles. The monoisotopic (exact) mass is 315 g/mol. The van der Waals surface area contributed by atoms with Crippen molar-refractivity contribution in [3.8, 4) is 0 Å². The highest BCUT2D eigenvalue weighted by molar-refractivity contribution is 5.46. The molecule has 1 aromatic carbocycles. The molecule has 0 saturated carbocycles. The molecular weight excluding hydrogens is 282 g/mol. The maximum absolute atomic E-state index is 5.63. The minimum atomic E-state index is 0.259. The molecule has 0 atom stereocenters. The van der Waals surface area contributed by atoms with E-state index in [1.165, 1.54) is 35.1 Å². The van der Waals surface area contributed by atoms with E-state index in [9.17, 15) is 0 Å². The first kappa shape index (κ1) is 18.1. The summed E-state index contributed by atoms with van der Waals surface area (Å²) in [4.78, 5) is 5.63. The van der Waals surface area contributed by atoms with Gasteiger partial charge in [0.05, 0.1) is 6.54 Å². The highest BCUT2D eigenvalue weighted by atomic mass is 16.7. The molecule has 0 unspecified atom stereocenters. The summed E-state index contributed by atoms with van der Waals surface area (Å²) in [6.07, 6.45) is 7.31. The van der Waals surface area contributed by atoms with E-state index in [-0.39, 0.29) is 10.8 Å². The van der Waals surface area contributed by atoms with Crippen LogP contribution in [0.1, 0.15) is 76.1 Å². The second-order valence-electron chi connectivity index (χ2n) is 8.26. The Hall–Kier alpha value is -1.28. The van der Waals surface area contributed by atoms with E-state index in [1.54, 1.807) is 6.26 Å². The Bertz CT molecular complexity index is 584. The Morgan fingerprint density at radius 3 is 2.22 bits per heavy atom. The fraction of sp³-hybridized carbons (Fsp3) is 0.619. The van der Waals surface area contributed by atoms with E-state index in [0.717, 1.165) is 13.0 Å². The minimum absolute atomic E-state index is 0.259. The molecule has 1 aliphatic rings. The van der Waals surface area contributed by atoms with Gasteiger partial charge in [0.15, 0.2) is 0 Å². The average molecular weight is 316 g/mol. The molecule has 2 rings (SSSR count). The SMILES string of the molecule is CC/C=C/ON(C)Cc1cc2c(cc1C)C(C)(C)CCC2(C)C. The van der Waals surface area contributed by atoms with Crippen LogP contribution in [0.4, 0.5) is 0 Å². The third kappa shape index (κ3) is 3.98. The van der Waals surface area contributed by atoms with Crippen LogP contribution in [-0.4, -0.2) is 12.1 Å². The maximum atomic E-state index is 5.63. The summed E-state index contributed by atoms with van der Waals surface area (Å²) in [5, 5.41) is 1.90. The second-order valence-corrected chi connectivity index (χ2v) is 8.26. The van der Waals surface area contributed by atoms with Gasteiger partial charge in [0.25, 0.3) is 0 Å². The van der Waals surface area contributed by atoms with Gasteiger partial charge >= 0.3 is 0 Å². The average Bonchev–Trinajstić information content (AvgIpc) is 2.46. The van der Waals surface area contributed by atoms with Crippen molar-refractivity contribution < 1.29 is 4.84 Å². The molecule has 2 heteroatoms. The zero-order valence-electron chi connectivity index (χ0n) is 16.0. The van der Waals surface area contributed by atoms with Crippen molar-refractivity contribution in [1.82, 2.24) is 5.06 Å². The quantitative estimate of drug-likeness (QED) is 0.515. The van der Waals surface area contributed by atoms with Gasteiger partial charge in [-0.3, -0.25) is 0 Å². The molecule has 1 aliphatic carbocycles. The van der Waals surface area contributed by atoms with Crippen LogP contribution in [0.15, 0.2) is 24.5 Å². The van der Waals surface area contributed by atoms with Gasteiger partial charge in [-0.25, -0.2) is 0 Å². The summed E-state index contributed by atoms with van der Waals surface area (Å²) in [5.41, 5.74) is 6.32. The predicted octanol–water partition coefficient (Wildman–Crippen LogP) is 5.63. The third-order valence-electron chi connectivity index (χ3n) is 5.28. The van der Waals surface area contributed by atoms with Gasteiger partial charge in [-0.15, -0.1) is 5.06 Å². The van der Waals surface area contributed by atoms with E-state index in [4.69, 9.17) is 4.84 Å². The Balaban J connectivity index is 2.32. The van der Waals surface area contributed by atoms with Gasteiger partial charge in [-0.05, 0) is 65.3 Å². The number of aryl methyl sites for hydroxylation is 1. The molecule has 0 heterocycles. The number of rotatable bonds is 5. The molecule has 0 bridgehead atoms. The van der Waals surface area contributed by atoms with Crippen LogP contribution in [0.25, 0.3) is 0 Å². The molecule has 128 valence electrons. The summed E-state index contributed by atoms with van der Waals surface area (Å²) in [5.74, 6) is 0. The molecule has 0 fully saturated rings. The Morgan fingerprint density at radius 1 is 1.09 bits per heavy atom. The molecule has 23 heavy (non-hydrogen) atoms. The lowest BCUT2D eigenvalue weighted by molar-refractivity contribution is -0.0874. The summed E-state index contributed by atoms with van der Waals surface area (Å²) < 4.78 is 0. The van der Waals surface area contributed by atoms with Crippen molar-refractivity contribution in [2.45, 2.75) is 78.2 Å². The molecule has 0 aliphatic heterocycles. The smallest absolute Gasteiger partial charge is 0.107 e. The fourth-order valence-corrected chi connectivity index (χ4v) is 3.46. The molecule has 0 spiro atoms. The Kier molecular flexibility index (Phi) is 5.25. The van der Waals surface area contributed by atoms with Crippen molar-refractivity contribution in [3.63, 3.8) is 0 Å². The highest BCUT2D eigenvalue weighted by Crippen LogP contribution is 2.46. The maximum Gasteiger partial charge on any atom is 0.107 e. The lowest BCUT2D eigenvalue weighted by Gasteiger charge is -2.42. The predicted molar refractivity (Wildman–Crippen MR) is 98.4 cm³/mol. The first-order valence-corrected chi connectivity index (χ1v) is 8.85. The minimum Gasteiger partial charge on any atom is -0.414 e. The molecule has 0 radical (unpaired) electrons. The number of fused-ring (bicyclic) bond motifs is 1.